The van der Waals surface area contributed by atoms with Crippen molar-refractivity contribution in [3.63, 3.8) is 0 Å². The average Bonchev–Trinajstić information content (AvgIpc) is 3.27. The van der Waals surface area contributed by atoms with E-state index in [1.54, 1.807) is 0 Å². The minimum absolute atomic E-state index is 0.273. The minimum Gasteiger partial charge on any atom is -0.368 e. The van der Waals surface area contributed by atoms with Gasteiger partial charge in [0.2, 0.25) is 5.91 Å². The lowest BCUT2D eigenvalue weighted by Gasteiger charge is -2.24. The van der Waals surface area contributed by atoms with E-state index in [4.69, 9.17) is 10.7 Å². The van der Waals surface area contributed by atoms with Crippen LogP contribution >= 0.6 is 11.8 Å². The third-order valence-electron chi connectivity index (χ3n) is 5.68. The normalized spacial score (nSPS) is 16.6. The lowest BCUT2D eigenvalue weighted by Crippen LogP contribution is -2.32. The van der Waals surface area contributed by atoms with Crippen LogP contribution in [-0.2, 0) is 11.2 Å². The average molecular weight is 453 g/mol. The van der Waals surface area contributed by atoms with Gasteiger partial charge in [0.15, 0.2) is 0 Å². The summed E-state index contributed by atoms with van der Waals surface area (Å²) in [6.07, 6.45) is 1.40. The molecular formula is C23H25FN6OS. The van der Waals surface area contributed by atoms with Gasteiger partial charge in [-0.25, -0.2) is 9.37 Å². The maximum atomic E-state index is 13.4. The molecule has 1 fully saturated rings. The van der Waals surface area contributed by atoms with Crippen molar-refractivity contribution in [3.05, 3.63) is 52.3 Å². The molecule has 0 bridgehead atoms. The van der Waals surface area contributed by atoms with Gasteiger partial charge in [0.05, 0.1) is 11.1 Å². The molecule has 7 nitrogen and oxygen atoms in total. The number of primary amides is 1. The second kappa shape index (κ2) is 9.99. The predicted octanol–water partition coefficient (Wildman–Crippen LogP) is 2.99. The number of hydrogen-bond acceptors (Lipinski definition) is 7. The topological polar surface area (TPSA) is 110 Å². The van der Waals surface area contributed by atoms with Gasteiger partial charge in [0, 0.05) is 19.1 Å². The number of aromatic nitrogens is 1. The van der Waals surface area contributed by atoms with Crippen LogP contribution in [0.15, 0.2) is 29.3 Å². The molecule has 0 saturated carbocycles. The van der Waals surface area contributed by atoms with E-state index in [0.717, 1.165) is 24.7 Å². The zero-order chi connectivity index (χ0) is 23.4. The summed E-state index contributed by atoms with van der Waals surface area (Å²) in [4.78, 5) is 21.2. The number of halogens is 1. The first-order valence-electron chi connectivity index (χ1n) is 10.3. The third kappa shape index (κ3) is 4.69. The van der Waals surface area contributed by atoms with Crippen molar-refractivity contribution in [1.29, 1.82) is 10.5 Å². The molecular weight excluding hydrogens is 427 g/mol. The molecule has 1 aliphatic rings. The first kappa shape index (κ1) is 23.5. The van der Waals surface area contributed by atoms with E-state index in [2.05, 4.69) is 21.9 Å². The van der Waals surface area contributed by atoms with Gasteiger partial charge in [-0.3, -0.25) is 4.79 Å². The van der Waals surface area contributed by atoms with E-state index in [1.807, 2.05) is 21.0 Å². The first-order valence-corrected chi connectivity index (χ1v) is 11.2. The summed E-state index contributed by atoms with van der Waals surface area (Å²) in [5, 5.41) is 19.3. The maximum Gasteiger partial charge on any atom is 0.235 e. The molecule has 32 heavy (non-hydrogen) atoms. The van der Waals surface area contributed by atoms with Crippen LogP contribution in [0.2, 0.25) is 0 Å². The molecule has 1 saturated heterocycles. The number of hydrogen-bond donors (Lipinski definition) is 1. The number of rotatable bonds is 7. The van der Waals surface area contributed by atoms with Gasteiger partial charge in [-0.1, -0.05) is 30.8 Å². The monoisotopic (exact) mass is 452 g/mol. The van der Waals surface area contributed by atoms with Crippen LogP contribution in [0, 0.1) is 28.5 Å². The smallest absolute Gasteiger partial charge is 0.235 e. The Kier molecular flexibility index (Phi) is 7.34. The van der Waals surface area contributed by atoms with Crippen LogP contribution in [0.25, 0.3) is 0 Å². The Morgan fingerprint density at radius 1 is 1.31 bits per heavy atom. The van der Waals surface area contributed by atoms with Crippen LogP contribution in [0.3, 0.4) is 0 Å². The number of amides is 1. The first-order chi connectivity index (χ1) is 15.3. The third-order valence-corrected chi connectivity index (χ3v) is 6.94. The summed E-state index contributed by atoms with van der Waals surface area (Å²) >= 11 is 1.06. The zero-order valence-electron chi connectivity index (χ0n) is 18.3. The summed E-state index contributed by atoms with van der Waals surface area (Å²) in [6.45, 7) is 3.33. The largest absolute Gasteiger partial charge is 0.368 e. The highest BCUT2D eigenvalue weighted by Crippen LogP contribution is 2.40. The standard InChI is InChI=1S/C23H25FN6OS/c1-4-17-18(11-25)22(30-10-9-16(13-30)29(2)3)28-23(19(17)12-26)32-20(21(27)31)14-5-7-15(24)8-6-14/h5-8,16,20H,4,9-10,13H2,1-3H3,(H2,27,31)/t16-,20?/m0/s1. The molecule has 2 N–H and O–H groups in total. The molecule has 2 aromatic rings. The molecule has 0 spiro atoms. The Balaban J connectivity index is 2.10. The Morgan fingerprint density at radius 2 is 1.97 bits per heavy atom. The number of pyridine rings is 1. The molecule has 1 aromatic carbocycles. The van der Waals surface area contributed by atoms with Gasteiger partial charge >= 0.3 is 0 Å². The van der Waals surface area contributed by atoms with Crippen molar-refractivity contribution < 1.29 is 9.18 Å². The fraction of sp³-hybridized carbons (Fsp3) is 0.391. The lowest BCUT2D eigenvalue weighted by molar-refractivity contribution is -0.117. The molecule has 9 heteroatoms. The molecule has 3 rings (SSSR count). The van der Waals surface area contributed by atoms with Crippen LogP contribution in [0.4, 0.5) is 10.2 Å². The predicted molar refractivity (Wildman–Crippen MR) is 122 cm³/mol. The number of nitrogens with two attached hydrogens (primary N) is 1. The summed E-state index contributed by atoms with van der Waals surface area (Å²) in [5.74, 6) is -0.515. The molecule has 0 radical (unpaired) electrons. The highest BCUT2D eigenvalue weighted by Gasteiger charge is 2.31. The number of likely N-dealkylation sites (N-methyl/N-ethyl adjacent to an activating group) is 1. The van der Waals surface area contributed by atoms with Crippen LogP contribution in [0.5, 0.6) is 0 Å². The number of nitrogens with zero attached hydrogens (tertiary/aromatic N) is 5. The van der Waals surface area contributed by atoms with Crippen molar-refractivity contribution in [3.8, 4) is 12.1 Å². The Morgan fingerprint density at radius 3 is 2.47 bits per heavy atom. The second-order valence-electron chi connectivity index (χ2n) is 7.85. The summed E-state index contributed by atoms with van der Waals surface area (Å²) in [6, 6.07) is 10.3. The van der Waals surface area contributed by atoms with Crippen molar-refractivity contribution in [2.24, 2.45) is 5.73 Å². The van der Waals surface area contributed by atoms with Gasteiger partial charge in [-0.15, -0.1) is 0 Å². The number of carbonyl (C=O) groups is 1. The van der Waals surface area contributed by atoms with E-state index >= 15 is 0 Å². The Bertz CT molecular complexity index is 1090. The maximum absolute atomic E-state index is 13.4. The molecule has 1 aliphatic heterocycles. The molecule has 0 aliphatic carbocycles. The van der Waals surface area contributed by atoms with Crippen molar-refractivity contribution in [2.45, 2.75) is 36.1 Å². The van der Waals surface area contributed by atoms with Gasteiger partial charge in [0.25, 0.3) is 0 Å². The van der Waals surface area contributed by atoms with Gasteiger partial charge in [-0.05, 0) is 50.2 Å². The van der Waals surface area contributed by atoms with E-state index < -0.39 is 17.0 Å². The second-order valence-corrected chi connectivity index (χ2v) is 8.94. The van der Waals surface area contributed by atoms with Gasteiger partial charge in [-0.2, -0.15) is 10.5 Å². The minimum atomic E-state index is -0.853. The Labute approximate surface area is 191 Å². The van der Waals surface area contributed by atoms with E-state index in [0.29, 0.717) is 46.5 Å². The SMILES string of the molecule is CCc1c(C#N)c(SC(C(N)=O)c2ccc(F)cc2)nc(N2CC[C@H](N(C)C)C2)c1C#N. The summed E-state index contributed by atoms with van der Waals surface area (Å²) in [5.41, 5.74) is 7.45. The summed E-state index contributed by atoms with van der Waals surface area (Å²) < 4.78 is 13.4. The van der Waals surface area contributed by atoms with Gasteiger partial charge in [0.1, 0.15) is 34.0 Å². The fourth-order valence-corrected chi connectivity index (χ4v) is 4.95. The van der Waals surface area contributed by atoms with Crippen LogP contribution in [-0.4, -0.2) is 49.0 Å². The van der Waals surface area contributed by atoms with E-state index in [-0.39, 0.29) is 5.56 Å². The molecule has 2 heterocycles. The molecule has 1 amide bonds. The van der Waals surface area contributed by atoms with Crippen molar-refractivity contribution in [1.82, 2.24) is 9.88 Å². The Hall–Kier alpha value is -3.14. The van der Waals surface area contributed by atoms with Crippen molar-refractivity contribution >= 4 is 23.5 Å². The van der Waals surface area contributed by atoms with Crippen molar-refractivity contribution in [2.75, 3.05) is 32.1 Å². The lowest BCUT2D eigenvalue weighted by atomic mass is 10.0. The van der Waals surface area contributed by atoms with Gasteiger partial charge < -0.3 is 15.5 Å². The molecule has 2 atom stereocenters. The van der Waals surface area contributed by atoms with Crippen LogP contribution < -0.4 is 10.6 Å². The highest BCUT2D eigenvalue weighted by atomic mass is 32.2. The number of thioether (sulfide) groups is 1. The number of benzene rings is 1. The quantitative estimate of drug-likeness (QED) is 0.643. The number of carbonyl (C=O) groups excluding carboxylic acids is 1. The highest BCUT2D eigenvalue weighted by molar-refractivity contribution is 8.00. The molecule has 1 unspecified atom stereocenters. The van der Waals surface area contributed by atoms with Crippen LogP contribution in [0.1, 0.15) is 40.8 Å². The van der Waals surface area contributed by atoms with E-state index in [9.17, 15) is 19.7 Å². The number of nitriles is 2. The molecule has 166 valence electrons. The van der Waals surface area contributed by atoms with E-state index in [1.165, 1.54) is 24.3 Å². The number of anilines is 1. The fourth-order valence-electron chi connectivity index (χ4n) is 3.89. The zero-order valence-corrected chi connectivity index (χ0v) is 19.1. The molecule has 1 aromatic heterocycles. The summed E-state index contributed by atoms with van der Waals surface area (Å²) in [7, 11) is 4.04.